The van der Waals surface area contributed by atoms with E-state index in [0.717, 1.165) is 45.9 Å². The SMILES string of the molecule is C[C@](CO)(CCc1cc(Cl)c(O[C@H]2CCc3c(-c4cccc5c4CC[C@@H]5Oc4nc(OCc5cncc(S(C)(=O)=O)c5)c(CN[C@](C)(CO)C(=O)O)cc4Cl)cccc32)nc1OCc1cncc(S(C)(=O)=O)c1)C(=O)O. The summed E-state index contributed by atoms with van der Waals surface area (Å²) >= 11 is 13.7. The van der Waals surface area contributed by atoms with Crippen molar-refractivity contribution >= 4 is 54.8 Å². The number of hydrogen-bond acceptors (Lipinski definition) is 17. The van der Waals surface area contributed by atoms with Crippen molar-refractivity contribution in [3.63, 3.8) is 0 Å². The Bertz CT molecular complexity index is 3220. The Morgan fingerprint density at radius 1 is 0.671 bits per heavy atom. The maximum Gasteiger partial charge on any atom is 0.326 e. The van der Waals surface area contributed by atoms with E-state index in [0.29, 0.717) is 47.9 Å². The van der Waals surface area contributed by atoms with Crippen LogP contribution < -0.4 is 24.3 Å². The molecule has 402 valence electrons. The highest BCUT2D eigenvalue weighted by atomic mass is 35.5. The minimum atomic E-state index is -3.57. The van der Waals surface area contributed by atoms with E-state index in [-0.39, 0.29) is 76.0 Å². The van der Waals surface area contributed by atoms with E-state index in [2.05, 4.69) is 32.4 Å². The predicted molar refractivity (Wildman–Crippen MR) is 278 cm³/mol. The Morgan fingerprint density at radius 2 is 1.14 bits per heavy atom. The Kier molecular flexibility index (Phi) is 16.6. The van der Waals surface area contributed by atoms with Gasteiger partial charge in [0.25, 0.3) is 0 Å². The van der Waals surface area contributed by atoms with Gasteiger partial charge in [0.1, 0.15) is 41.0 Å². The minimum absolute atomic E-state index is 0.00335. The third-order valence-corrected chi connectivity index (χ3v) is 16.3. The predicted octanol–water partition coefficient (Wildman–Crippen LogP) is 7.28. The topological polar surface area (TPSA) is 284 Å². The van der Waals surface area contributed by atoms with E-state index >= 15 is 0 Å². The van der Waals surface area contributed by atoms with Crippen molar-refractivity contribution in [2.24, 2.45) is 5.41 Å². The van der Waals surface area contributed by atoms with Gasteiger partial charge in [0.15, 0.2) is 19.7 Å². The second-order valence-electron chi connectivity index (χ2n) is 19.4. The molecule has 0 saturated carbocycles. The lowest BCUT2D eigenvalue weighted by molar-refractivity contribution is -0.150. The number of aliphatic carboxylic acids is 2. The van der Waals surface area contributed by atoms with Crippen LogP contribution >= 0.6 is 23.2 Å². The Balaban J connectivity index is 1.05. The number of sulfone groups is 2. The quantitative estimate of drug-likeness (QED) is 0.0421. The van der Waals surface area contributed by atoms with Gasteiger partial charge in [-0.05, 0) is 110 Å². The molecule has 0 bridgehead atoms. The summed E-state index contributed by atoms with van der Waals surface area (Å²) in [5, 5.41) is 42.6. The van der Waals surface area contributed by atoms with Gasteiger partial charge in [-0.3, -0.25) is 24.9 Å². The van der Waals surface area contributed by atoms with Gasteiger partial charge in [-0.15, -0.1) is 0 Å². The zero-order valence-corrected chi connectivity index (χ0v) is 44.9. The number of rotatable bonds is 23. The molecular formula is C53H55Cl2N5O14S2. The molecule has 4 heterocycles. The summed E-state index contributed by atoms with van der Waals surface area (Å²) in [6, 6.07) is 18.0. The summed E-state index contributed by atoms with van der Waals surface area (Å²) in [4.78, 5) is 41.5. The number of nitrogens with one attached hydrogen (secondary N) is 1. The summed E-state index contributed by atoms with van der Waals surface area (Å²) in [5.41, 5.74) is 4.47. The number of nitrogens with zero attached hydrogens (tertiary/aromatic N) is 4. The van der Waals surface area contributed by atoms with Crippen LogP contribution in [0.15, 0.2) is 95.2 Å². The standard InChI is InChI=1S/C53H55Cl2N5O14S2/c1-52(28-61,50(63)64)16-15-32-19-42(54)48(59-46(32)71-26-30-17-34(24-56-21-30)75(3,67)68)73-44-13-11-38-36(7-5-9-40(38)44)37-8-6-10-41-39(37)12-14-45(41)74-49-43(55)20-33(23-58-53(2,29-62)51(65)66)47(60-49)72-27-31-18-35(25-57-22-31)76(4,69)70/h5-10,17-22,24-25,44-45,58,61-62H,11-16,23,26-29H2,1-4H3,(H,63,64)(H,65,66)/t44-,45-,52+,53+/m0/s1. The van der Waals surface area contributed by atoms with E-state index in [9.17, 15) is 46.9 Å². The molecule has 0 fully saturated rings. The van der Waals surface area contributed by atoms with E-state index in [1.807, 2.05) is 24.3 Å². The van der Waals surface area contributed by atoms with Crippen LogP contribution in [-0.2, 0) is 68.3 Å². The van der Waals surface area contributed by atoms with Crippen molar-refractivity contribution in [2.45, 2.75) is 99.7 Å². The fourth-order valence-electron chi connectivity index (χ4n) is 8.91. The van der Waals surface area contributed by atoms with Gasteiger partial charge in [-0.2, -0.15) is 9.97 Å². The van der Waals surface area contributed by atoms with Gasteiger partial charge in [0, 0.05) is 66.1 Å². The number of carboxylic acid groups (broad SMARTS) is 2. The first-order valence-electron chi connectivity index (χ1n) is 23.9. The Labute approximate surface area is 449 Å². The number of hydrogen-bond donors (Lipinski definition) is 5. The van der Waals surface area contributed by atoms with E-state index in [1.54, 1.807) is 6.07 Å². The summed E-state index contributed by atoms with van der Waals surface area (Å²) in [6.45, 7) is 1.02. The normalized spacial score (nSPS) is 16.7. The Hall–Kier alpha value is -6.46. The van der Waals surface area contributed by atoms with E-state index in [4.69, 9.17) is 47.1 Å². The minimum Gasteiger partial charge on any atom is -0.481 e. The van der Waals surface area contributed by atoms with Crippen LogP contribution in [0.1, 0.15) is 89.8 Å². The number of pyridine rings is 4. The van der Waals surface area contributed by atoms with Crippen molar-refractivity contribution in [1.82, 2.24) is 25.3 Å². The number of carbonyl (C=O) groups is 2. The highest BCUT2D eigenvalue weighted by Gasteiger charge is 2.36. The number of aliphatic hydroxyl groups is 2. The molecule has 2 aliphatic carbocycles. The molecule has 4 atom stereocenters. The fourth-order valence-corrected chi connectivity index (χ4v) is 10.6. The average Bonchev–Trinajstić information content (AvgIpc) is 4.01. The number of benzene rings is 2. The molecule has 8 rings (SSSR count). The molecule has 0 amide bonds. The zero-order valence-electron chi connectivity index (χ0n) is 41.7. The maximum atomic E-state index is 12.3. The Morgan fingerprint density at radius 3 is 1.58 bits per heavy atom. The van der Waals surface area contributed by atoms with Crippen LogP contribution in [-0.4, -0.2) is 100 Å². The number of aryl methyl sites for hydroxylation is 1. The molecular weight excluding hydrogens is 1070 g/mol. The molecule has 2 aromatic carbocycles. The smallest absolute Gasteiger partial charge is 0.326 e. The first-order chi connectivity index (χ1) is 36.0. The highest BCUT2D eigenvalue weighted by Crippen LogP contribution is 2.46. The van der Waals surface area contributed by atoms with Crippen molar-refractivity contribution in [3.05, 3.63) is 140 Å². The summed E-state index contributed by atoms with van der Waals surface area (Å²) in [7, 11) is -7.14. The van der Waals surface area contributed by atoms with Crippen molar-refractivity contribution in [1.29, 1.82) is 0 Å². The largest absolute Gasteiger partial charge is 0.481 e. The van der Waals surface area contributed by atoms with Crippen molar-refractivity contribution in [3.8, 4) is 34.6 Å². The van der Waals surface area contributed by atoms with Gasteiger partial charge in [-0.25, -0.2) is 16.8 Å². The first-order valence-corrected chi connectivity index (χ1v) is 28.5. The number of fused-ring (bicyclic) bond motifs is 2. The third kappa shape index (κ3) is 12.4. The van der Waals surface area contributed by atoms with Crippen LogP contribution in [0.5, 0.6) is 23.5 Å². The van der Waals surface area contributed by atoms with E-state index in [1.165, 1.54) is 56.8 Å². The molecule has 0 spiro atoms. The second-order valence-corrected chi connectivity index (χ2v) is 24.2. The van der Waals surface area contributed by atoms with Gasteiger partial charge < -0.3 is 39.4 Å². The summed E-state index contributed by atoms with van der Waals surface area (Å²) < 4.78 is 74.5. The maximum absolute atomic E-state index is 12.3. The molecule has 6 aromatic rings. The molecule has 5 N–H and O–H groups in total. The van der Waals surface area contributed by atoms with Gasteiger partial charge in [0.2, 0.25) is 23.5 Å². The lowest BCUT2D eigenvalue weighted by atomic mass is 9.85. The molecule has 76 heavy (non-hydrogen) atoms. The number of aromatic nitrogens is 4. The van der Waals surface area contributed by atoms with Gasteiger partial charge >= 0.3 is 11.9 Å². The van der Waals surface area contributed by atoms with Crippen molar-refractivity contribution < 1.29 is 65.8 Å². The van der Waals surface area contributed by atoms with E-state index < -0.39 is 68.0 Å². The zero-order chi connectivity index (χ0) is 54.7. The monoisotopic (exact) mass is 1120 g/mol. The molecule has 0 aliphatic heterocycles. The molecule has 2 aliphatic rings. The van der Waals surface area contributed by atoms with Crippen LogP contribution in [0.2, 0.25) is 10.0 Å². The molecule has 0 unspecified atom stereocenters. The molecule has 4 aromatic heterocycles. The van der Waals surface area contributed by atoms with Crippen LogP contribution in [0, 0.1) is 5.41 Å². The lowest BCUT2D eigenvalue weighted by Crippen LogP contribution is -2.52. The molecule has 0 radical (unpaired) electrons. The second kappa shape index (κ2) is 22.6. The lowest BCUT2D eigenvalue weighted by Gasteiger charge is -2.24. The molecule has 23 heteroatoms. The van der Waals surface area contributed by atoms with Crippen LogP contribution in [0.3, 0.4) is 0 Å². The third-order valence-electron chi connectivity index (χ3n) is 13.6. The number of aliphatic hydroxyl groups excluding tert-OH is 2. The van der Waals surface area contributed by atoms with Crippen molar-refractivity contribution in [2.75, 3.05) is 25.7 Å². The van der Waals surface area contributed by atoms with Crippen LogP contribution in [0.25, 0.3) is 11.1 Å². The fraction of sp³-hybridized carbons (Fsp3) is 0.358. The average molecular weight is 1120 g/mol. The summed E-state index contributed by atoms with van der Waals surface area (Å²) in [5.74, 6) is -2.23. The molecule has 19 nitrogen and oxygen atoms in total. The number of halogens is 2. The number of carboxylic acids is 2. The highest BCUT2D eigenvalue weighted by molar-refractivity contribution is 7.91. The first kappa shape index (κ1) is 55.8. The van der Waals surface area contributed by atoms with Gasteiger partial charge in [0.05, 0.1) is 28.4 Å². The summed E-state index contributed by atoms with van der Waals surface area (Å²) in [6.07, 6.45) is 9.15. The number of ether oxygens (including phenoxy) is 4. The molecule has 0 saturated heterocycles. The van der Waals surface area contributed by atoms with Gasteiger partial charge in [-0.1, -0.05) is 59.6 Å². The van der Waals surface area contributed by atoms with Crippen LogP contribution in [0.4, 0.5) is 0 Å².